The molecule has 7 heteroatoms. The van der Waals surface area contributed by atoms with Gasteiger partial charge in [0.25, 0.3) is 0 Å². The molecular weight excluding hydrogens is 310 g/mol. The Morgan fingerprint density at radius 2 is 1.96 bits per heavy atom. The van der Waals surface area contributed by atoms with Gasteiger partial charge in [0.05, 0.1) is 0 Å². The molecule has 0 aliphatic carbocycles. The van der Waals surface area contributed by atoms with Crippen molar-refractivity contribution in [1.29, 1.82) is 0 Å². The van der Waals surface area contributed by atoms with Gasteiger partial charge in [-0.1, -0.05) is 0 Å². The van der Waals surface area contributed by atoms with Crippen LogP contribution in [-0.4, -0.2) is 71.5 Å². The van der Waals surface area contributed by atoms with Gasteiger partial charge in [-0.2, -0.15) is 0 Å². The summed E-state index contributed by atoms with van der Waals surface area (Å²) in [6, 6.07) is -0.347. The summed E-state index contributed by atoms with van der Waals surface area (Å²) < 4.78 is 0. The minimum Gasteiger partial charge on any atom is -0.396 e. The third-order valence-electron chi connectivity index (χ3n) is 5.76. The molecule has 0 radical (unpaired) electrons. The van der Waals surface area contributed by atoms with Crippen LogP contribution in [0.4, 0.5) is 0 Å². The maximum atomic E-state index is 12.5. The van der Waals surface area contributed by atoms with Crippen molar-refractivity contribution in [2.45, 2.75) is 51.0 Å². The van der Waals surface area contributed by atoms with Crippen LogP contribution in [0.1, 0.15) is 44.9 Å². The summed E-state index contributed by atoms with van der Waals surface area (Å²) in [5, 5.41) is 11.7. The highest BCUT2D eigenvalue weighted by atomic mass is 16.3. The normalized spacial score (nSPS) is 26.8. The summed E-state index contributed by atoms with van der Waals surface area (Å²) in [6.07, 6.45) is 4.93. The van der Waals surface area contributed by atoms with Gasteiger partial charge < -0.3 is 20.2 Å². The van der Waals surface area contributed by atoms with Gasteiger partial charge in [-0.15, -0.1) is 0 Å². The van der Waals surface area contributed by atoms with Crippen molar-refractivity contribution in [2.24, 2.45) is 5.41 Å². The zero-order valence-corrected chi connectivity index (χ0v) is 14.1. The predicted octanol–water partition coefficient (Wildman–Crippen LogP) is -0.121. The van der Waals surface area contributed by atoms with E-state index in [1.54, 1.807) is 0 Å². The van der Waals surface area contributed by atoms with E-state index in [1.807, 2.05) is 9.80 Å². The van der Waals surface area contributed by atoms with Gasteiger partial charge >= 0.3 is 0 Å². The summed E-state index contributed by atoms with van der Waals surface area (Å²) in [5.74, 6) is 0.188. The highest BCUT2D eigenvalue weighted by Gasteiger charge is 2.42. The van der Waals surface area contributed by atoms with Crippen molar-refractivity contribution < 1.29 is 19.5 Å². The average Bonchev–Trinajstić information content (AvgIpc) is 3.02. The first-order valence-corrected chi connectivity index (χ1v) is 9.00. The molecule has 3 aliphatic heterocycles. The molecule has 3 aliphatic rings. The highest BCUT2D eigenvalue weighted by Crippen LogP contribution is 2.40. The van der Waals surface area contributed by atoms with E-state index in [0.29, 0.717) is 45.3 Å². The number of rotatable bonds is 4. The molecule has 0 saturated carbocycles. The van der Waals surface area contributed by atoms with Crippen LogP contribution >= 0.6 is 0 Å². The van der Waals surface area contributed by atoms with Crippen LogP contribution in [0, 0.1) is 5.41 Å². The number of aliphatic hydroxyl groups is 1. The van der Waals surface area contributed by atoms with E-state index in [4.69, 9.17) is 5.11 Å². The highest BCUT2D eigenvalue weighted by molar-refractivity contribution is 5.90. The first-order valence-electron chi connectivity index (χ1n) is 9.00. The van der Waals surface area contributed by atoms with Crippen LogP contribution in [0.25, 0.3) is 0 Å². The molecule has 2 N–H and O–H groups in total. The van der Waals surface area contributed by atoms with E-state index in [0.717, 1.165) is 25.8 Å². The van der Waals surface area contributed by atoms with E-state index in [1.165, 1.54) is 0 Å². The van der Waals surface area contributed by atoms with E-state index in [-0.39, 0.29) is 35.8 Å². The predicted molar refractivity (Wildman–Crippen MR) is 86.9 cm³/mol. The Kier molecular flexibility index (Phi) is 5.08. The smallest absolute Gasteiger partial charge is 0.245 e. The van der Waals surface area contributed by atoms with Crippen LogP contribution in [0.5, 0.6) is 0 Å². The van der Waals surface area contributed by atoms with Crippen molar-refractivity contribution >= 4 is 17.7 Å². The number of carbonyl (C=O) groups is 3. The minimum atomic E-state index is -0.347. The van der Waals surface area contributed by atoms with E-state index in [2.05, 4.69) is 5.32 Å². The standard InChI is InChI=1S/C17H27N3O4/c21-11-1-8-20-12-17(5-4-15(20)23)6-9-19(10-7-17)16(24)13-2-3-14(22)18-13/h13,21H,1-12H2,(H,18,22)/t13-/m1/s1. The van der Waals surface area contributed by atoms with Gasteiger partial charge in [0, 0.05) is 45.6 Å². The molecule has 0 unspecified atom stereocenters. The van der Waals surface area contributed by atoms with Crippen molar-refractivity contribution in [3.8, 4) is 0 Å². The second kappa shape index (κ2) is 7.09. The average molecular weight is 337 g/mol. The zero-order chi connectivity index (χ0) is 17.2. The summed E-state index contributed by atoms with van der Waals surface area (Å²) in [7, 11) is 0. The third kappa shape index (κ3) is 3.55. The molecule has 3 fully saturated rings. The Bertz CT molecular complexity index is 514. The molecular formula is C17H27N3O4. The number of nitrogens with zero attached hydrogens (tertiary/aromatic N) is 2. The van der Waals surface area contributed by atoms with Gasteiger partial charge in [-0.25, -0.2) is 0 Å². The number of amides is 3. The molecule has 24 heavy (non-hydrogen) atoms. The van der Waals surface area contributed by atoms with Gasteiger partial charge in [-0.05, 0) is 37.5 Å². The lowest BCUT2D eigenvalue weighted by atomic mass is 9.72. The monoisotopic (exact) mass is 337 g/mol. The molecule has 1 atom stereocenters. The lowest BCUT2D eigenvalue weighted by Crippen LogP contribution is -2.54. The van der Waals surface area contributed by atoms with Crippen molar-refractivity contribution in [3.05, 3.63) is 0 Å². The Labute approximate surface area is 142 Å². The second-order valence-electron chi connectivity index (χ2n) is 7.38. The van der Waals surface area contributed by atoms with Crippen LogP contribution in [0.2, 0.25) is 0 Å². The number of carbonyl (C=O) groups excluding carboxylic acids is 3. The second-order valence-corrected chi connectivity index (χ2v) is 7.38. The molecule has 0 aromatic heterocycles. The molecule has 1 spiro atoms. The summed E-state index contributed by atoms with van der Waals surface area (Å²) in [6.45, 7) is 2.87. The summed E-state index contributed by atoms with van der Waals surface area (Å²) in [5.41, 5.74) is 0.110. The fourth-order valence-electron chi connectivity index (χ4n) is 4.20. The molecule has 0 aromatic rings. The van der Waals surface area contributed by atoms with E-state index in [9.17, 15) is 14.4 Å². The molecule has 3 saturated heterocycles. The number of nitrogens with one attached hydrogen (secondary N) is 1. The zero-order valence-electron chi connectivity index (χ0n) is 14.1. The SMILES string of the molecule is O=C1CC[C@H](C(=O)N2CCC3(CCC(=O)N(CCCO)C3)CC2)N1. The molecule has 0 bridgehead atoms. The molecule has 0 aromatic carbocycles. The van der Waals surface area contributed by atoms with Crippen molar-refractivity contribution in [3.63, 3.8) is 0 Å². The van der Waals surface area contributed by atoms with Gasteiger partial charge in [0.1, 0.15) is 6.04 Å². The maximum absolute atomic E-state index is 12.5. The molecule has 7 nitrogen and oxygen atoms in total. The van der Waals surface area contributed by atoms with Gasteiger partial charge in [-0.3, -0.25) is 14.4 Å². The lowest BCUT2D eigenvalue weighted by Gasteiger charge is -2.47. The summed E-state index contributed by atoms with van der Waals surface area (Å²) in [4.78, 5) is 39.6. The van der Waals surface area contributed by atoms with Gasteiger partial charge in [0.2, 0.25) is 17.7 Å². The first-order chi connectivity index (χ1) is 11.5. The molecule has 134 valence electrons. The third-order valence-corrected chi connectivity index (χ3v) is 5.76. The summed E-state index contributed by atoms with van der Waals surface area (Å²) >= 11 is 0. The van der Waals surface area contributed by atoms with Crippen molar-refractivity contribution in [1.82, 2.24) is 15.1 Å². The Morgan fingerprint density at radius 3 is 2.58 bits per heavy atom. The molecule has 3 heterocycles. The lowest BCUT2D eigenvalue weighted by molar-refractivity contribution is -0.143. The fraction of sp³-hybridized carbons (Fsp3) is 0.824. The molecule has 3 amide bonds. The maximum Gasteiger partial charge on any atom is 0.245 e. The van der Waals surface area contributed by atoms with Crippen LogP contribution in [-0.2, 0) is 14.4 Å². The Hall–Kier alpha value is -1.63. The van der Waals surface area contributed by atoms with Gasteiger partial charge in [0.15, 0.2) is 0 Å². The number of hydrogen-bond acceptors (Lipinski definition) is 4. The van der Waals surface area contributed by atoms with Crippen LogP contribution < -0.4 is 5.32 Å². The molecule has 3 rings (SSSR count). The van der Waals surface area contributed by atoms with Crippen LogP contribution in [0.15, 0.2) is 0 Å². The number of hydrogen-bond donors (Lipinski definition) is 2. The van der Waals surface area contributed by atoms with Crippen molar-refractivity contribution in [2.75, 3.05) is 32.8 Å². The first kappa shape index (κ1) is 17.2. The Balaban J connectivity index is 1.54. The Morgan fingerprint density at radius 1 is 1.21 bits per heavy atom. The fourth-order valence-corrected chi connectivity index (χ4v) is 4.20. The number of piperidine rings is 2. The number of likely N-dealkylation sites (tertiary alicyclic amines) is 2. The minimum absolute atomic E-state index is 0.0350. The largest absolute Gasteiger partial charge is 0.396 e. The van der Waals surface area contributed by atoms with Crippen LogP contribution in [0.3, 0.4) is 0 Å². The van der Waals surface area contributed by atoms with E-state index >= 15 is 0 Å². The number of aliphatic hydroxyl groups excluding tert-OH is 1. The topological polar surface area (TPSA) is 90.0 Å². The quantitative estimate of drug-likeness (QED) is 0.748. The van der Waals surface area contributed by atoms with E-state index < -0.39 is 0 Å².